The normalized spacial score (nSPS) is 26.0. The molecule has 4 nitrogen and oxygen atoms in total. The summed E-state index contributed by atoms with van der Waals surface area (Å²) in [7, 11) is 0. The minimum atomic E-state index is 0.265. The van der Waals surface area contributed by atoms with E-state index in [1.165, 1.54) is 12.8 Å². The molecule has 3 heterocycles. The molecule has 0 saturated carbocycles. The van der Waals surface area contributed by atoms with E-state index < -0.39 is 0 Å². The summed E-state index contributed by atoms with van der Waals surface area (Å²) in [5.41, 5.74) is 0. The molecule has 1 N–H and O–H groups in total. The fourth-order valence-corrected chi connectivity index (χ4v) is 3.62. The molecule has 0 spiro atoms. The average Bonchev–Trinajstić information content (AvgIpc) is 2.90. The molecule has 2 atom stereocenters. The summed E-state index contributed by atoms with van der Waals surface area (Å²) < 4.78 is 12.0. The van der Waals surface area contributed by atoms with E-state index in [-0.39, 0.29) is 6.10 Å². The third-order valence-electron chi connectivity index (χ3n) is 4.50. The lowest BCUT2D eigenvalue weighted by Gasteiger charge is -2.29. The molecular weight excluding hydrogens is 312 g/mol. The van der Waals surface area contributed by atoms with E-state index in [1.54, 1.807) is 12.4 Å². The molecule has 0 amide bonds. The topological polar surface area (TPSA) is 43.4 Å². The Labute approximate surface area is 140 Å². The molecule has 5 heteroatoms. The monoisotopic (exact) mass is 330 g/mol. The molecule has 2 aliphatic rings. The molecule has 0 radical (unpaired) electrons. The van der Waals surface area contributed by atoms with E-state index in [9.17, 15) is 0 Å². The molecule has 23 heavy (non-hydrogen) atoms. The van der Waals surface area contributed by atoms with Crippen LogP contribution in [0.5, 0.6) is 17.2 Å². The Morgan fingerprint density at radius 3 is 2.65 bits per heavy atom. The van der Waals surface area contributed by atoms with Gasteiger partial charge in [0.1, 0.15) is 23.4 Å². The van der Waals surface area contributed by atoms with Crippen molar-refractivity contribution >= 4 is 11.6 Å². The Morgan fingerprint density at radius 2 is 1.91 bits per heavy atom. The number of fused-ring (bicyclic) bond motifs is 2. The van der Waals surface area contributed by atoms with Crippen molar-refractivity contribution in [2.24, 2.45) is 0 Å². The fraction of sp³-hybridized carbons (Fsp3) is 0.389. The third kappa shape index (κ3) is 3.43. The number of aromatic nitrogens is 1. The summed E-state index contributed by atoms with van der Waals surface area (Å²) in [6, 6.07) is 10.5. The number of hydrogen-bond acceptors (Lipinski definition) is 4. The lowest BCUT2D eigenvalue weighted by Crippen LogP contribution is -2.42. The van der Waals surface area contributed by atoms with Crippen molar-refractivity contribution < 1.29 is 9.47 Å². The summed E-state index contributed by atoms with van der Waals surface area (Å²) in [6.07, 6.45) is 8.30. The first-order valence-electron chi connectivity index (χ1n) is 8.06. The van der Waals surface area contributed by atoms with Crippen molar-refractivity contribution in [2.45, 2.75) is 43.9 Å². The van der Waals surface area contributed by atoms with Crippen molar-refractivity contribution in [1.82, 2.24) is 10.3 Å². The second-order valence-electron chi connectivity index (χ2n) is 6.23. The summed E-state index contributed by atoms with van der Waals surface area (Å²) in [6.45, 7) is 0. The standard InChI is InChI=1S/C18H19ClN2O2/c19-17-6-5-14(10-18(17)23-15-2-1-7-20-11-15)22-16-8-12-3-4-13(9-16)21-12/h1-2,5-7,10-13,16,21H,3-4,8-9H2. The number of rotatable bonds is 4. The van der Waals surface area contributed by atoms with E-state index in [2.05, 4.69) is 10.3 Å². The van der Waals surface area contributed by atoms with Crippen LogP contribution in [0.15, 0.2) is 42.7 Å². The largest absolute Gasteiger partial charge is 0.490 e. The van der Waals surface area contributed by atoms with E-state index in [1.807, 2.05) is 30.3 Å². The Balaban J connectivity index is 1.48. The summed E-state index contributed by atoms with van der Waals surface area (Å²) in [4.78, 5) is 4.04. The average molecular weight is 331 g/mol. The maximum Gasteiger partial charge on any atom is 0.149 e. The van der Waals surface area contributed by atoms with Gasteiger partial charge in [0.05, 0.1) is 11.2 Å². The Kier molecular flexibility index (Phi) is 4.10. The number of ether oxygens (including phenoxy) is 2. The first kappa shape index (κ1) is 14.8. The smallest absolute Gasteiger partial charge is 0.149 e. The highest BCUT2D eigenvalue weighted by atomic mass is 35.5. The van der Waals surface area contributed by atoms with Crippen molar-refractivity contribution in [2.75, 3.05) is 0 Å². The van der Waals surface area contributed by atoms with Crippen LogP contribution in [0.4, 0.5) is 0 Å². The van der Waals surface area contributed by atoms with Crippen LogP contribution >= 0.6 is 11.6 Å². The zero-order valence-electron chi connectivity index (χ0n) is 12.7. The first-order valence-corrected chi connectivity index (χ1v) is 8.44. The second-order valence-corrected chi connectivity index (χ2v) is 6.64. The highest BCUT2D eigenvalue weighted by Gasteiger charge is 2.34. The minimum absolute atomic E-state index is 0.265. The van der Waals surface area contributed by atoms with Gasteiger partial charge in [0.25, 0.3) is 0 Å². The third-order valence-corrected chi connectivity index (χ3v) is 4.81. The van der Waals surface area contributed by atoms with Crippen LogP contribution in [0.3, 0.4) is 0 Å². The molecule has 120 valence electrons. The quantitative estimate of drug-likeness (QED) is 0.913. The van der Waals surface area contributed by atoms with E-state index in [4.69, 9.17) is 21.1 Å². The molecule has 2 fully saturated rings. The summed E-state index contributed by atoms with van der Waals surface area (Å²) in [5.74, 6) is 2.06. The van der Waals surface area contributed by atoms with Gasteiger partial charge in [0.2, 0.25) is 0 Å². The molecule has 2 saturated heterocycles. The van der Waals surface area contributed by atoms with E-state index in [0.29, 0.717) is 28.6 Å². The zero-order valence-corrected chi connectivity index (χ0v) is 13.5. The van der Waals surface area contributed by atoms with Gasteiger partial charge in [-0.1, -0.05) is 11.6 Å². The maximum absolute atomic E-state index is 6.23. The molecule has 1 aromatic heterocycles. The summed E-state index contributed by atoms with van der Waals surface area (Å²) >= 11 is 6.23. The van der Waals surface area contributed by atoms with Crippen LogP contribution in [-0.4, -0.2) is 23.2 Å². The van der Waals surface area contributed by atoms with Crippen molar-refractivity contribution in [3.8, 4) is 17.2 Å². The van der Waals surface area contributed by atoms with Gasteiger partial charge in [-0.2, -0.15) is 0 Å². The Morgan fingerprint density at radius 1 is 1.09 bits per heavy atom. The van der Waals surface area contributed by atoms with Crippen molar-refractivity contribution in [3.05, 3.63) is 47.7 Å². The maximum atomic E-state index is 6.23. The molecule has 4 rings (SSSR count). The molecule has 2 aromatic rings. The van der Waals surface area contributed by atoms with Gasteiger partial charge in [-0.3, -0.25) is 4.98 Å². The number of nitrogens with one attached hydrogen (secondary N) is 1. The van der Waals surface area contributed by atoms with Crippen LogP contribution in [0.1, 0.15) is 25.7 Å². The van der Waals surface area contributed by atoms with Crippen LogP contribution < -0.4 is 14.8 Å². The van der Waals surface area contributed by atoms with Crippen LogP contribution in [-0.2, 0) is 0 Å². The van der Waals surface area contributed by atoms with Gasteiger partial charge in [-0.15, -0.1) is 0 Å². The van der Waals surface area contributed by atoms with Gasteiger partial charge < -0.3 is 14.8 Å². The number of piperidine rings is 1. The molecule has 0 aliphatic carbocycles. The molecule has 1 aromatic carbocycles. The lowest BCUT2D eigenvalue weighted by atomic mass is 10.0. The van der Waals surface area contributed by atoms with Gasteiger partial charge >= 0.3 is 0 Å². The van der Waals surface area contributed by atoms with Gasteiger partial charge in [0.15, 0.2) is 0 Å². The summed E-state index contributed by atoms with van der Waals surface area (Å²) in [5, 5.41) is 4.19. The highest BCUT2D eigenvalue weighted by Crippen LogP contribution is 2.35. The van der Waals surface area contributed by atoms with Crippen LogP contribution in [0, 0.1) is 0 Å². The SMILES string of the molecule is Clc1ccc(OC2CC3CCC(C2)N3)cc1Oc1cccnc1. The Hall–Kier alpha value is -1.78. The van der Waals surface area contributed by atoms with Crippen molar-refractivity contribution in [1.29, 1.82) is 0 Å². The second kappa shape index (κ2) is 6.38. The van der Waals surface area contributed by atoms with E-state index in [0.717, 1.165) is 18.6 Å². The van der Waals surface area contributed by atoms with Crippen LogP contribution in [0.25, 0.3) is 0 Å². The first-order chi connectivity index (χ1) is 11.3. The minimum Gasteiger partial charge on any atom is -0.490 e. The van der Waals surface area contributed by atoms with Gasteiger partial charge in [-0.25, -0.2) is 0 Å². The van der Waals surface area contributed by atoms with Crippen molar-refractivity contribution in [3.63, 3.8) is 0 Å². The number of pyridine rings is 1. The van der Waals surface area contributed by atoms with Crippen LogP contribution in [0.2, 0.25) is 5.02 Å². The van der Waals surface area contributed by atoms with E-state index >= 15 is 0 Å². The fourth-order valence-electron chi connectivity index (χ4n) is 3.46. The number of hydrogen-bond donors (Lipinski definition) is 1. The number of halogens is 1. The number of benzene rings is 1. The molecule has 2 unspecified atom stereocenters. The molecular formula is C18H19ClN2O2. The molecule has 2 bridgehead atoms. The zero-order chi connectivity index (χ0) is 15.6. The Bertz CT molecular complexity index is 668. The van der Waals surface area contributed by atoms with Gasteiger partial charge in [0, 0.05) is 24.3 Å². The predicted octanol–water partition coefficient (Wildman–Crippen LogP) is 4.19. The highest BCUT2D eigenvalue weighted by molar-refractivity contribution is 6.32. The van der Waals surface area contributed by atoms with Gasteiger partial charge in [-0.05, 0) is 49.9 Å². The number of nitrogens with zero attached hydrogens (tertiary/aromatic N) is 1. The predicted molar refractivity (Wildman–Crippen MR) is 89.4 cm³/mol. The molecule has 2 aliphatic heterocycles. The lowest BCUT2D eigenvalue weighted by molar-refractivity contribution is 0.137.